The fourth-order valence-corrected chi connectivity index (χ4v) is 2.24. The molecular weight excluding hydrogens is 248 g/mol. The maximum Gasteiger partial charge on any atom is 0.407 e. The normalized spacial score (nSPS) is 18.3. The highest BCUT2D eigenvalue weighted by atomic mass is 16.6. The molecule has 1 rings (SSSR count). The van der Waals surface area contributed by atoms with Crippen LogP contribution in [0.1, 0.15) is 20.3 Å². The van der Waals surface area contributed by atoms with Crippen LogP contribution in [0.2, 0.25) is 0 Å². The highest BCUT2D eigenvalue weighted by molar-refractivity contribution is 5.67. The molecule has 19 heavy (non-hydrogen) atoms. The summed E-state index contributed by atoms with van der Waals surface area (Å²) in [6.45, 7) is 8.14. The van der Waals surface area contributed by atoms with Crippen molar-refractivity contribution in [3.8, 4) is 0 Å². The molecule has 0 aromatic carbocycles. The molecule has 6 heteroatoms. The topological polar surface area (TPSA) is 71.0 Å². The van der Waals surface area contributed by atoms with E-state index in [-0.39, 0.29) is 13.2 Å². The summed E-state index contributed by atoms with van der Waals surface area (Å²) in [4.78, 5) is 13.7. The van der Waals surface area contributed by atoms with Gasteiger partial charge < -0.3 is 19.9 Å². The van der Waals surface area contributed by atoms with Crippen LogP contribution in [0.25, 0.3) is 0 Å². The maximum atomic E-state index is 11.4. The Balaban J connectivity index is 2.37. The van der Waals surface area contributed by atoms with Gasteiger partial charge in [-0.25, -0.2) is 4.79 Å². The number of rotatable bonds is 7. The Morgan fingerprint density at radius 3 is 2.68 bits per heavy atom. The third-order valence-electron chi connectivity index (χ3n) is 3.11. The third-order valence-corrected chi connectivity index (χ3v) is 3.11. The molecule has 1 aliphatic heterocycles. The number of ether oxygens (including phenoxy) is 2. The summed E-state index contributed by atoms with van der Waals surface area (Å²) in [5, 5.41) is 11.4. The second kappa shape index (κ2) is 9.12. The molecule has 0 aromatic rings. The molecule has 1 heterocycles. The minimum absolute atomic E-state index is 0.0399. The van der Waals surface area contributed by atoms with Crippen molar-refractivity contribution in [1.82, 2.24) is 10.2 Å². The molecule has 1 saturated heterocycles. The van der Waals surface area contributed by atoms with E-state index in [1.807, 2.05) is 0 Å². The van der Waals surface area contributed by atoms with Crippen molar-refractivity contribution in [1.29, 1.82) is 0 Å². The van der Waals surface area contributed by atoms with Crippen molar-refractivity contribution in [2.45, 2.75) is 26.3 Å². The van der Waals surface area contributed by atoms with Gasteiger partial charge in [0.2, 0.25) is 0 Å². The van der Waals surface area contributed by atoms with Gasteiger partial charge in [0.15, 0.2) is 0 Å². The Hall–Kier alpha value is -0.850. The average molecular weight is 274 g/mol. The van der Waals surface area contributed by atoms with Crippen molar-refractivity contribution in [2.75, 3.05) is 46.1 Å². The molecule has 1 amide bonds. The lowest BCUT2D eigenvalue weighted by Gasteiger charge is -2.35. The zero-order valence-corrected chi connectivity index (χ0v) is 11.9. The van der Waals surface area contributed by atoms with Gasteiger partial charge in [0.25, 0.3) is 0 Å². The molecule has 1 unspecified atom stereocenters. The number of nitrogens with one attached hydrogen (secondary N) is 1. The summed E-state index contributed by atoms with van der Waals surface area (Å²) < 4.78 is 10.1. The number of hydrogen-bond acceptors (Lipinski definition) is 5. The molecule has 1 aliphatic rings. The van der Waals surface area contributed by atoms with Crippen molar-refractivity contribution in [2.24, 2.45) is 5.92 Å². The molecule has 0 spiro atoms. The quantitative estimate of drug-likeness (QED) is 0.705. The van der Waals surface area contributed by atoms with E-state index in [1.165, 1.54) is 0 Å². The number of hydrogen-bond donors (Lipinski definition) is 2. The fourth-order valence-electron chi connectivity index (χ4n) is 2.24. The van der Waals surface area contributed by atoms with E-state index in [1.54, 1.807) is 0 Å². The standard InChI is InChI=1S/C13H26N2O4/c1-11(2)9-12(15-3-6-18-7-4-15)10-14-13(17)19-8-5-16/h11-12,16H,3-10H2,1-2H3,(H,14,17). The van der Waals surface area contributed by atoms with E-state index in [0.717, 1.165) is 32.7 Å². The van der Waals surface area contributed by atoms with Crippen LogP contribution >= 0.6 is 0 Å². The van der Waals surface area contributed by atoms with Crippen LogP contribution in [0.3, 0.4) is 0 Å². The lowest BCUT2D eigenvalue weighted by molar-refractivity contribution is 0.0121. The van der Waals surface area contributed by atoms with Gasteiger partial charge in [-0.3, -0.25) is 4.90 Å². The third kappa shape index (κ3) is 6.75. The van der Waals surface area contributed by atoms with Gasteiger partial charge in [-0.15, -0.1) is 0 Å². The predicted molar refractivity (Wildman–Crippen MR) is 72.1 cm³/mol. The van der Waals surface area contributed by atoms with Crippen LogP contribution in [0.15, 0.2) is 0 Å². The number of morpholine rings is 1. The molecule has 112 valence electrons. The van der Waals surface area contributed by atoms with E-state index in [2.05, 4.69) is 24.1 Å². The SMILES string of the molecule is CC(C)CC(CNC(=O)OCCO)N1CCOCC1. The van der Waals surface area contributed by atoms with Crippen LogP contribution < -0.4 is 5.32 Å². The minimum Gasteiger partial charge on any atom is -0.447 e. The highest BCUT2D eigenvalue weighted by Crippen LogP contribution is 2.12. The molecule has 2 N–H and O–H groups in total. The monoisotopic (exact) mass is 274 g/mol. The molecule has 1 fully saturated rings. The Labute approximate surface area is 115 Å². The van der Waals surface area contributed by atoms with Gasteiger partial charge in [0.05, 0.1) is 19.8 Å². The summed E-state index contributed by atoms with van der Waals surface area (Å²) >= 11 is 0. The fraction of sp³-hybridized carbons (Fsp3) is 0.923. The molecule has 0 saturated carbocycles. The zero-order valence-electron chi connectivity index (χ0n) is 11.9. The number of alkyl carbamates (subject to hydrolysis) is 1. The first-order valence-corrected chi connectivity index (χ1v) is 6.96. The molecular formula is C13H26N2O4. The van der Waals surface area contributed by atoms with Gasteiger partial charge in [-0.05, 0) is 12.3 Å². The predicted octanol–water partition coefficient (Wildman–Crippen LogP) is 0.452. The second-order valence-corrected chi connectivity index (χ2v) is 5.17. The van der Waals surface area contributed by atoms with Crippen LogP contribution in [0.5, 0.6) is 0 Å². The van der Waals surface area contributed by atoms with E-state index < -0.39 is 6.09 Å². The van der Waals surface area contributed by atoms with Gasteiger partial charge >= 0.3 is 6.09 Å². The Bertz CT molecular complexity index is 255. The number of amides is 1. The van der Waals surface area contributed by atoms with E-state index >= 15 is 0 Å². The first-order valence-electron chi connectivity index (χ1n) is 6.96. The number of carbonyl (C=O) groups is 1. The maximum absolute atomic E-state index is 11.4. The van der Waals surface area contributed by atoms with Crippen molar-refractivity contribution >= 4 is 6.09 Å². The summed E-state index contributed by atoms with van der Waals surface area (Å²) in [7, 11) is 0. The van der Waals surface area contributed by atoms with Crippen molar-refractivity contribution in [3.05, 3.63) is 0 Å². The molecule has 0 aromatic heterocycles. The number of nitrogens with zero attached hydrogens (tertiary/aromatic N) is 1. The van der Waals surface area contributed by atoms with Crippen molar-refractivity contribution in [3.63, 3.8) is 0 Å². The Morgan fingerprint density at radius 1 is 1.42 bits per heavy atom. The van der Waals surface area contributed by atoms with Crippen LogP contribution in [0, 0.1) is 5.92 Å². The molecule has 0 aliphatic carbocycles. The molecule has 1 atom stereocenters. The van der Waals surface area contributed by atoms with Crippen molar-refractivity contribution < 1.29 is 19.4 Å². The lowest BCUT2D eigenvalue weighted by atomic mass is 10.0. The summed E-state index contributed by atoms with van der Waals surface area (Å²) in [6, 6.07) is 0.311. The van der Waals surface area contributed by atoms with E-state index in [9.17, 15) is 4.79 Å². The highest BCUT2D eigenvalue weighted by Gasteiger charge is 2.22. The zero-order chi connectivity index (χ0) is 14.1. The van der Waals surface area contributed by atoms with Gasteiger partial charge in [0, 0.05) is 25.7 Å². The second-order valence-electron chi connectivity index (χ2n) is 5.17. The lowest BCUT2D eigenvalue weighted by Crippen LogP contribution is -2.49. The minimum atomic E-state index is -0.462. The molecule has 0 bridgehead atoms. The largest absolute Gasteiger partial charge is 0.447 e. The van der Waals surface area contributed by atoms with Crippen LogP contribution in [-0.4, -0.2) is 68.2 Å². The Morgan fingerprint density at radius 2 is 2.11 bits per heavy atom. The molecule has 6 nitrogen and oxygen atoms in total. The Kier molecular flexibility index (Phi) is 7.78. The number of carbonyl (C=O) groups excluding carboxylic acids is 1. The summed E-state index contributed by atoms with van der Waals surface area (Å²) in [5.41, 5.74) is 0. The summed E-state index contributed by atoms with van der Waals surface area (Å²) in [6.07, 6.45) is 0.566. The van der Waals surface area contributed by atoms with Gasteiger partial charge in [0.1, 0.15) is 6.61 Å². The van der Waals surface area contributed by atoms with Gasteiger partial charge in [-0.2, -0.15) is 0 Å². The summed E-state index contributed by atoms with van der Waals surface area (Å²) in [5.74, 6) is 0.572. The molecule has 0 radical (unpaired) electrons. The smallest absolute Gasteiger partial charge is 0.407 e. The number of aliphatic hydroxyl groups is 1. The van der Waals surface area contributed by atoms with Gasteiger partial charge in [-0.1, -0.05) is 13.8 Å². The first kappa shape index (κ1) is 16.2. The van der Waals surface area contributed by atoms with Crippen LogP contribution in [0.4, 0.5) is 4.79 Å². The number of aliphatic hydroxyl groups excluding tert-OH is 1. The average Bonchev–Trinajstić information content (AvgIpc) is 2.41. The van der Waals surface area contributed by atoms with E-state index in [0.29, 0.717) is 18.5 Å². The van der Waals surface area contributed by atoms with Crippen LogP contribution in [-0.2, 0) is 9.47 Å². The first-order chi connectivity index (χ1) is 9.13. The van der Waals surface area contributed by atoms with E-state index in [4.69, 9.17) is 14.6 Å².